The van der Waals surface area contributed by atoms with Crippen LogP contribution < -0.4 is 0 Å². The summed E-state index contributed by atoms with van der Waals surface area (Å²) in [6, 6.07) is 0. The largest absolute Gasteiger partial charge is 0.414 e. The fraction of sp³-hybridized carbons (Fsp3) is 0.824. The minimum atomic E-state index is -1.99. The van der Waals surface area contributed by atoms with E-state index in [2.05, 4.69) is 45.4 Å². The summed E-state index contributed by atoms with van der Waals surface area (Å²) < 4.78 is 6.31. The van der Waals surface area contributed by atoms with E-state index in [0.29, 0.717) is 5.57 Å². The highest BCUT2D eigenvalue weighted by Gasteiger charge is 2.50. The van der Waals surface area contributed by atoms with Gasteiger partial charge in [-0.05, 0) is 49.4 Å². The number of aliphatic hydroxyl groups is 1. The molecule has 0 spiro atoms. The van der Waals surface area contributed by atoms with Gasteiger partial charge in [-0.15, -0.1) is 0 Å². The SMILES string of the molecule is C=C(C)[C@@H](O)[C@](CO[Si](C)(C)C(C)(C)C)(N=C=O)C1CCC1. The Morgan fingerprint density at radius 3 is 2.32 bits per heavy atom. The van der Waals surface area contributed by atoms with Crippen LogP contribution in [0.1, 0.15) is 47.0 Å². The highest BCUT2D eigenvalue weighted by atomic mass is 28.4. The van der Waals surface area contributed by atoms with Crippen LogP contribution in [-0.4, -0.2) is 37.8 Å². The highest BCUT2D eigenvalue weighted by molar-refractivity contribution is 6.74. The summed E-state index contributed by atoms with van der Waals surface area (Å²) in [7, 11) is -1.99. The minimum Gasteiger partial charge on any atom is -0.414 e. The molecule has 1 rings (SSSR count). The van der Waals surface area contributed by atoms with E-state index < -0.39 is 20.0 Å². The normalized spacial score (nSPS) is 20.5. The molecule has 0 aromatic carbocycles. The van der Waals surface area contributed by atoms with E-state index in [0.717, 1.165) is 19.3 Å². The number of hydrogen-bond donors (Lipinski definition) is 1. The number of carbonyl (C=O) groups excluding carboxylic acids is 1. The molecule has 0 saturated heterocycles. The van der Waals surface area contributed by atoms with Crippen molar-refractivity contribution < 1.29 is 14.3 Å². The molecule has 0 unspecified atom stereocenters. The van der Waals surface area contributed by atoms with E-state index in [4.69, 9.17) is 4.43 Å². The van der Waals surface area contributed by atoms with Gasteiger partial charge in [0.25, 0.3) is 0 Å². The lowest BCUT2D eigenvalue weighted by Gasteiger charge is -2.47. The second kappa shape index (κ2) is 6.79. The molecule has 0 aliphatic heterocycles. The van der Waals surface area contributed by atoms with E-state index in [1.54, 1.807) is 13.0 Å². The fourth-order valence-corrected chi connectivity index (χ4v) is 3.56. The first-order chi connectivity index (χ1) is 9.98. The number of rotatable bonds is 7. The van der Waals surface area contributed by atoms with Crippen molar-refractivity contribution in [1.29, 1.82) is 0 Å². The Labute approximate surface area is 135 Å². The lowest BCUT2D eigenvalue weighted by atomic mass is 9.67. The second-order valence-electron chi connectivity index (χ2n) is 8.12. The van der Waals surface area contributed by atoms with Crippen molar-refractivity contribution in [3.63, 3.8) is 0 Å². The Balaban J connectivity index is 3.10. The molecule has 22 heavy (non-hydrogen) atoms. The summed E-state index contributed by atoms with van der Waals surface area (Å²) >= 11 is 0. The average Bonchev–Trinajstić information content (AvgIpc) is 2.31. The first-order valence-corrected chi connectivity index (χ1v) is 11.0. The molecule has 0 heterocycles. The molecular weight excluding hydrogens is 294 g/mol. The molecule has 0 aromatic heterocycles. The third-order valence-electron chi connectivity index (χ3n) is 5.48. The number of aliphatic hydroxyl groups excluding tert-OH is 1. The summed E-state index contributed by atoms with van der Waals surface area (Å²) in [5, 5.41) is 10.7. The molecule has 5 heteroatoms. The maximum atomic E-state index is 11.0. The van der Waals surface area contributed by atoms with Gasteiger partial charge in [-0.1, -0.05) is 33.8 Å². The molecule has 2 atom stereocenters. The van der Waals surface area contributed by atoms with Crippen molar-refractivity contribution in [2.45, 2.75) is 76.7 Å². The zero-order chi connectivity index (χ0) is 17.2. The molecular formula is C17H31NO3Si. The molecule has 0 bridgehead atoms. The predicted octanol–water partition coefficient (Wildman–Crippen LogP) is 3.82. The van der Waals surface area contributed by atoms with Gasteiger partial charge < -0.3 is 9.53 Å². The first kappa shape index (κ1) is 19.3. The van der Waals surface area contributed by atoms with Crippen LogP contribution >= 0.6 is 0 Å². The molecule has 0 radical (unpaired) electrons. The van der Waals surface area contributed by atoms with Crippen LogP contribution in [0.2, 0.25) is 18.1 Å². The first-order valence-electron chi connectivity index (χ1n) is 8.04. The smallest absolute Gasteiger partial charge is 0.235 e. The van der Waals surface area contributed by atoms with Gasteiger partial charge in [-0.2, -0.15) is 4.99 Å². The van der Waals surface area contributed by atoms with Gasteiger partial charge in [0.1, 0.15) is 11.6 Å². The van der Waals surface area contributed by atoms with Gasteiger partial charge in [-0.3, -0.25) is 0 Å². The van der Waals surface area contributed by atoms with Crippen molar-refractivity contribution in [3.8, 4) is 0 Å². The van der Waals surface area contributed by atoms with Crippen molar-refractivity contribution in [2.75, 3.05) is 6.61 Å². The second-order valence-corrected chi connectivity index (χ2v) is 12.9. The van der Waals surface area contributed by atoms with Gasteiger partial charge in [0.2, 0.25) is 6.08 Å². The van der Waals surface area contributed by atoms with Crippen LogP contribution in [0, 0.1) is 5.92 Å². The van der Waals surface area contributed by atoms with E-state index >= 15 is 0 Å². The summed E-state index contributed by atoms with van der Waals surface area (Å²) in [6.07, 6.45) is 3.82. The molecule has 1 saturated carbocycles. The fourth-order valence-electron chi connectivity index (χ4n) is 2.54. The lowest BCUT2D eigenvalue weighted by molar-refractivity contribution is 0.00599. The monoisotopic (exact) mass is 325 g/mol. The highest BCUT2D eigenvalue weighted by Crippen LogP contribution is 2.44. The molecule has 0 amide bonds. The van der Waals surface area contributed by atoms with E-state index in [1.165, 1.54) is 0 Å². The Hall–Kier alpha value is -0.743. The van der Waals surface area contributed by atoms with E-state index in [-0.39, 0.29) is 17.6 Å². The van der Waals surface area contributed by atoms with Gasteiger partial charge >= 0.3 is 0 Å². The van der Waals surface area contributed by atoms with Crippen LogP contribution in [0.3, 0.4) is 0 Å². The third-order valence-corrected chi connectivity index (χ3v) is 9.96. The molecule has 1 N–H and O–H groups in total. The number of isocyanates is 1. The van der Waals surface area contributed by atoms with Crippen LogP contribution in [-0.2, 0) is 9.22 Å². The molecule has 1 aliphatic carbocycles. The topological polar surface area (TPSA) is 58.9 Å². The molecule has 126 valence electrons. The van der Waals surface area contributed by atoms with Crippen molar-refractivity contribution in [1.82, 2.24) is 0 Å². The van der Waals surface area contributed by atoms with Gasteiger partial charge in [-0.25, -0.2) is 4.79 Å². The maximum absolute atomic E-state index is 11.0. The number of aliphatic imine (C=N–C) groups is 1. The zero-order valence-corrected chi connectivity index (χ0v) is 15.9. The van der Waals surface area contributed by atoms with Crippen LogP contribution in [0.5, 0.6) is 0 Å². The maximum Gasteiger partial charge on any atom is 0.235 e. The Morgan fingerprint density at radius 2 is 2.00 bits per heavy atom. The summed E-state index contributed by atoms with van der Waals surface area (Å²) in [6.45, 7) is 16.7. The van der Waals surface area contributed by atoms with E-state index in [9.17, 15) is 9.90 Å². The predicted molar refractivity (Wildman–Crippen MR) is 92.2 cm³/mol. The lowest BCUT2D eigenvalue weighted by Crippen LogP contribution is -2.56. The van der Waals surface area contributed by atoms with Crippen molar-refractivity contribution in [2.24, 2.45) is 10.9 Å². The summed E-state index contributed by atoms with van der Waals surface area (Å²) in [5.41, 5.74) is -0.314. The van der Waals surface area contributed by atoms with Crippen molar-refractivity contribution in [3.05, 3.63) is 12.2 Å². The third kappa shape index (κ3) is 3.77. The standard InChI is InChI=1S/C17H31NO3Si/c1-13(2)15(20)17(18-12-19,14-9-8-10-14)11-21-22(6,7)16(3,4)5/h14-15,20H,1,8-11H2,2-7H3/t15-,17-/m1/s1. The summed E-state index contributed by atoms with van der Waals surface area (Å²) in [4.78, 5) is 15.1. The van der Waals surface area contributed by atoms with Crippen LogP contribution in [0.15, 0.2) is 17.1 Å². The average molecular weight is 326 g/mol. The minimum absolute atomic E-state index is 0.0669. The Morgan fingerprint density at radius 1 is 1.45 bits per heavy atom. The van der Waals surface area contributed by atoms with Gasteiger partial charge in [0, 0.05) is 0 Å². The van der Waals surface area contributed by atoms with Gasteiger partial charge in [0.05, 0.1) is 6.61 Å². The van der Waals surface area contributed by atoms with E-state index in [1.807, 2.05) is 0 Å². The van der Waals surface area contributed by atoms with Crippen LogP contribution in [0.4, 0.5) is 0 Å². The zero-order valence-electron chi connectivity index (χ0n) is 14.9. The molecule has 4 nitrogen and oxygen atoms in total. The Kier molecular flexibility index (Phi) is 5.96. The Bertz CT molecular complexity index is 459. The van der Waals surface area contributed by atoms with Gasteiger partial charge in [0.15, 0.2) is 8.32 Å². The number of nitrogens with zero attached hydrogens (tertiary/aromatic N) is 1. The molecule has 1 fully saturated rings. The quantitative estimate of drug-likeness (QED) is 0.335. The molecule has 0 aromatic rings. The van der Waals surface area contributed by atoms with Crippen molar-refractivity contribution >= 4 is 14.4 Å². The number of hydrogen-bond acceptors (Lipinski definition) is 4. The molecule has 1 aliphatic rings. The summed E-state index contributed by atoms with van der Waals surface area (Å²) in [5.74, 6) is 0.158. The van der Waals surface area contributed by atoms with Crippen LogP contribution in [0.25, 0.3) is 0 Å².